The molecule has 1 saturated heterocycles. The minimum atomic E-state index is 0.606. The van der Waals surface area contributed by atoms with Crippen LogP contribution in [-0.2, 0) is 13.0 Å². The lowest BCUT2D eigenvalue weighted by atomic mass is 9.82. The molecule has 1 heteroatoms. The van der Waals surface area contributed by atoms with Gasteiger partial charge in [0.15, 0.2) is 0 Å². The zero-order valence-corrected chi connectivity index (χ0v) is 12.0. The molecule has 1 atom stereocenters. The van der Waals surface area contributed by atoms with E-state index in [4.69, 9.17) is 0 Å². The van der Waals surface area contributed by atoms with Crippen molar-refractivity contribution in [1.29, 1.82) is 0 Å². The second-order valence-corrected chi connectivity index (χ2v) is 5.59. The molecule has 19 heavy (non-hydrogen) atoms. The normalized spacial score (nSPS) is 27.4. The van der Waals surface area contributed by atoms with E-state index in [0.717, 1.165) is 13.0 Å². The van der Waals surface area contributed by atoms with Gasteiger partial charge < -0.3 is 0 Å². The molecule has 0 unspecified atom stereocenters. The molecule has 0 spiro atoms. The van der Waals surface area contributed by atoms with Crippen molar-refractivity contribution in [2.75, 3.05) is 6.54 Å². The topological polar surface area (TPSA) is 3.24 Å². The third kappa shape index (κ3) is 2.28. The van der Waals surface area contributed by atoms with Gasteiger partial charge in [-0.15, -0.1) is 0 Å². The number of nitrogens with zero attached hydrogens (tertiary/aromatic N) is 1. The van der Waals surface area contributed by atoms with Crippen LogP contribution < -0.4 is 0 Å². The summed E-state index contributed by atoms with van der Waals surface area (Å²) in [5, 5.41) is 0. The maximum absolute atomic E-state index is 2.66. The van der Waals surface area contributed by atoms with Crippen LogP contribution in [0, 0.1) is 0 Å². The molecule has 2 aliphatic heterocycles. The van der Waals surface area contributed by atoms with E-state index in [1.807, 2.05) is 0 Å². The largest absolute Gasteiger partial charge is 0.291 e. The average Bonchev–Trinajstić information content (AvgIpc) is 2.46. The van der Waals surface area contributed by atoms with Crippen LogP contribution in [0.5, 0.6) is 0 Å². The first kappa shape index (κ1) is 12.7. The van der Waals surface area contributed by atoms with E-state index in [-0.39, 0.29) is 0 Å². The molecule has 0 saturated carbocycles. The van der Waals surface area contributed by atoms with Gasteiger partial charge in [-0.25, -0.2) is 0 Å². The Labute approximate surface area is 116 Å². The van der Waals surface area contributed by atoms with E-state index < -0.39 is 0 Å². The van der Waals surface area contributed by atoms with Gasteiger partial charge in [-0.1, -0.05) is 43.3 Å². The fourth-order valence-corrected chi connectivity index (χ4v) is 3.54. The van der Waals surface area contributed by atoms with Crippen LogP contribution in [0.15, 0.2) is 47.6 Å². The van der Waals surface area contributed by atoms with E-state index in [0.29, 0.717) is 6.04 Å². The molecule has 0 bridgehead atoms. The molecular weight excluding hydrogens is 230 g/mol. The van der Waals surface area contributed by atoms with Gasteiger partial charge in [0.1, 0.15) is 0 Å². The van der Waals surface area contributed by atoms with Gasteiger partial charge in [0.25, 0.3) is 0 Å². The molecule has 1 fully saturated rings. The fourth-order valence-electron chi connectivity index (χ4n) is 3.54. The summed E-state index contributed by atoms with van der Waals surface area (Å²) in [7, 11) is 0. The fraction of sp³-hybridized carbons (Fsp3) is 0.444. The van der Waals surface area contributed by atoms with Crippen molar-refractivity contribution in [3.63, 3.8) is 0 Å². The molecule has 0 aliphatic carbocycles. The Hall–Kier alpha value is -1.34. The predicted octanol–water partition coefficient (Wildman–Crippen LogP) is 4.10. The van der Waals surface area contributed by atoms with Gasteiger partial charge >= 0.3 is 0 Å². The molecule has 1 aromatic carbocycles. The van der Waals surface area contributed by atoms with Gasteiger partial charge in [-0.2, -0.15) is 0 Å². The molecule has 1 aromatic rings. The van der Waals surface area contributed by atoms with Crippen molar-refractivity contribution in [3.05, 3.63) is 58.7 Å². The summed E-state index contributed by atoms with van der Waals surface area (Å²) in [6, 6.07) is 9.55. The summed E-state index contributed by atoms with van der Waals surface area (Å²) < 4.78 is 0. The Morgan fingerprint density at radius 3 is 2.79 bits per heavy atom. The highest BCUT2D eigenvalue weighted by molar-refractivity contribution is 5.42. The SMILES string of the molecule is C/C=C1/CCN2Cc3ccccc3C[C@H]2/C1=C/CC. The summed E-state index contributed by atoms with van der Waals surface area (Å²) in [5.74, 6) is 0. The lowest BCUT2D eigenvalue weighted by Gasteiger charge is -2.43. The molecule has 0 radical (unpaired) electrons. The maximum atomic E-state index is 2.66. The lowest BCUT2D eigenvalue weighted by Crippen LogP contribution is -2.45. The first-order valence-corrected chi connectivity index (χ1v) is 7.50. The summed E-state index contributed by atoms with van der Waals surface area (Å²) >= 11 is 0. The van der Waals surface area contributed by atoms with E-state index in [2.05, 4.69) is 55.2 Å². The molecule has 100 valence electrons. The van der Waals surface area contributed by atoms with Crippen molar-refractivity contribution >= 4 is 0 Å². The Kier molecular flexibility index (Phi) is 3.56. The van der Waals surface area contributed by atoms with E-state index >= 15 is 0 Å². The number of allylic oxidation sites excluding steroid dienone is 2. The zero-order valence-electron chi connectivity index (χ0n) is 12.0. The van der Waals surface area contributed by atoms with Gasteiger partial charge in [0.2, 0.25) is 0 Å². The van der Waals surface area contributed by atoms with Gasteiger partial charge in [0, 0.05) is 19.1 Å². The monoisotopic (exact) mass is 253 g/mol. The highest BCUT2D eigenvalue weighted by atomic mass is 15.2. The predicted molar refractivity (Wildman–Crippen MR) is 81.1 cm³/mol. The van der Waals surface area contributed by atoms with E-state index in [9.17, 15) is 0 Å². The molecule has 1 nitrogen and oxygen atoms in total. The molecule has 2 aliphatic rings. The summed E-state index contributed by atoms with van der Waals surface area (Å²) in [6.07, 6.45) is 8.29. The van der Waals surface area contributed by atoms with Crippen molar-refractivity contribution in [2.24, 2.45) is 0 Å². The first-order chi connectivity index (χ1) is 9.33. The van der Waals surface area contributed by atoms with E-state index in [1.165, 1.54) is 24.9 Å². The van der Waals surface area contributed by atoms with Crippen LogP contribution in [0.25, 0.3) is 0 Å². The number of benzene rings is 1. The first-order valence-electron chi connectivity index (χ1n) is 7.50. The number of hydrogen-bond acceptors (Lipinski definition) is 1. The number of fused-ring (bicyclic) bond motifs is 2. The number of hydrogen-bond donors (Lipinski definition) is 0. The van der Waals surface area contributed by atoms with E-state index in [1.54, 1.807) is 16.7 Å². The zero-order chi connectivity index (χ0) is 13.2. The summed E-state index contributed by atoms with van der Waals surface area (Å²) in [5.41, 5.74) is 6.23. The average molecular weight is 253 g/mol. The molecule has 2 heterocycles. The Morgan fingerprint density at radius 2 is 2.05 bits per heavy atom. The molecular formula is C18H23N. The smallest absolute Gasteiger partial charge is 0.0391 e. The second kappa shape index (κ2) is 5.34. The van der Waals surface area contributed by atoms with Crippen LogP contribution >= 0.6 is 0 Å². The van der Waals surface area contributed by atoms with Crippen molar-refractivity contribution in [1.82, 2.24) is 4.90 Å². The standard InChI is InChI=1S/C18H23N/c1-3-7-17-14(4-2)10-11-19-13-16-9-6-5-8-15(16)12-18(17)19/h4-9,18H,3,10-13H2,1-2H3/b14-4-,17-7+/t18-/m0/s1. The maximum Gasteiger partial charge on any atom is 0.0391 e. The van der Waals surface area contributed by atoms with Crippen LogP contribution in [0.3, 0.4) is 0 Å². The van der Waals surface area contributed by atoms with Crippen LogP contribution in [0.2, 0.25) is 0 Å². The second-order valence-electron chi connectivity index (χ2n) is 5.59. The Bertz CT molecular complexity index is 524. The molecule has 3 rings (SSSR count). The van der Waals surface area contributed by atoms with Crippen LogP contribution in [-0.4, -0.2) is 17.5 Å². The third-order valence-corrected chi connectivity index (χ3v) is 4.52. The molecule has 0 aromatic heterocycles. The molecule has 0 N–H and O–H groups in total. The van der Waals surface area contributed by atoms with Crippen molar-refractivity contribution in [2.45, 2.75) is 45.7 Å². The lowest BCUT2D eigenvalue weighted by molar-refractivity contribution is 0.184. The number of rotatable bonds is 1. The number of piperidine rings is 1. The highest BCUT2D eigenvalue weighted by Gasteiger charge is 2.32. The van der Waals surface area contributed by atoms with Gasteiger partial charge in [-0.3, -0.25) is 4.90 Å². The Balaban J connectivity index is 1.97. The minimum Gasteiger partial charge on any atom is -0.291 e. The van der Waals surface area contributed by atoms with Crippen molar-refractivity contribution < 1.29 is 0 Å². The van der Waals surface area contributed by atoms with Crippen molar-refractivity contribution in [3.8, 4) is 0 Å². The quantitative estimate of drug-likeness (QED) is 0.728. The summed E-state index contributed by atoms with van der Waals surface area (Å²) in [6.45, 7) is 6.76. The van der Waals surface area contributed by atoms with Crippen LogP contribution in [0.4, 0.5) is 0 Å². The third-order valence-electron chi connectivity index (χ3n) is 4.52. The minimum absolute atomic E-state index is 0.606. The van der Waals surface area contributed by atoms with Crippen LogP contribution in [0.1, 0.15) is 37.8 Å². The Morgan fingerprint density at radius 1 is 1.26 bits per heavy atom. The van der Waals surface area contributed by atoms with Gasteiger partial charge in [0.05, 0.1) is 0 Å². The molecule has 0 amide bonds. The van der Waals surface area contributed by atoms with Gasteiger partial charge in [-0.05, 0) is 48.5 Å². The highest BCUT2D eigenvalue weighted by Crippen LogP contribution is 2.35. The summed E-state index contributed by atoms with van der Waals surface area (Å²) in [4.78, 5) is 2.66.